The minimum Gasteiger partial charge on any atom is -0.370 e. The molecule has 0 spiro atoms. The predicted molar refractivity (Wildman–Crippen MR) is 109 cm³/mol. The fraction of sp³-hybridized carbons (Fsp3) is 0.316. The molecular weight excluding hydrogens is 374 g/mol. The zero-order chi connectivity index (χ0) is 19.2. The summed E-state index contributed by atoms with van der Waals surface area (Å²) in [4.78, 5) is 19.0. The molecule has 1 amide bonds. The Morgan fingerprint density at radius 1 is 1.11 bits per heavy atom. The number of anilines is 2. The Hall–Kier alpha value is -2.94. The molecular formula is C19H21N7OS. The van der Waals surface area contributed by atoms with Crippen LogP contribution in [0.4, 0.5) is 11.4 Å². The van der Waals surface area contributed by atoms with Gasteiger partial charge in [0.2, 0.25) is 11.1 Å². The van der Waals surface area contributed by atoms with Gasteiger partial charge in [-0.05, 0) is 54.0 Å². The van der Waals surface area contributed by atoms with Crippen LogP contribution in [0, 0.1) is 0 Å². The van der Waals surface area contributed by atoms with Crippen molar-refractivity contribution in [2.45, 2.75) is 24.4 Å². The molecule has 0 aliphatic carbocycles. The van der Waals surface area contributed by atoms with E-state index in [1.165, 1.54) is 31.0 Å². The number of para-hydroxylation sites is 2. The number of pyridine rings is 1. The number of carbonyl (C=O) groups is 1. The minimum absolute atomic E-state index is 0.0878. The molecule has 1 aromatic carbocycles. The number of nitrogens with one attached hydrogen (secondary N) is 1. The molecule has 28 heavy (non-hydrogen) atoms. The summed E-state index contributed by atoms with van der Waals surface area (Å²) in [5.74, 6) is 0.129. The molecule has 0 saturated carbocycles. The summed E-state index contributed by atoms with van der Waals surface area (Å²) < 4.78 is 1.58. The highest BCUT2D eigenvalue weighted by atomic mass is 32.2. The maximum absolute atomic E-state index is 12.5. The Kier molecular flexibility index (Phi) is 5.81. The van der Waals surface area contributed by atoms with Crippen LogP contribution in [0.2, 0.25) is 0 Å². The van der Waals surface area contributed by atoms with Crippen LogP contribution in [0.1, 0.15) is 19.3 Å². The summed E-state index contributed by atoms with van der Waals surface area (Å²) in [6.45, 7) is 2.06. The Morgan fingerprint density at radius 2 is 1.96 bits per heavy atom. The van der Waals surface area contributed by atoms with Crippen LogP contribution in [-0.2, 0) is 4.79 Å². The van der Waals surface area contributed by atoms with Crippen LogP contribution >= 0.6 is 11.8 Å². The van der Waals surface area contributed by atoms with Gasteiger partial charge in [0.15, 0.2) is 0 Å². The number of thioether (sulfide) groups is 1. The van der Waals surface area contributed by atoms with Crippen molar-refractivity contribution in [1.82, 2.24) is 25.2 Å². The number of carbonyl (C=O) groups excluding carboxylic acids is 1. The van der Waals surface area contributed by atoms with E-state index in [1.54, 1.807) is 17.1 Å². The molecule has 4 rings (SSSR count). The van der Waals surface area contributed by atoms with E-state index in [1.807, 2.05) is 30.3 Å². The molecule has 3 aromatic rings. The average molecular weight is 395 g/mol. The highest BCUT2D eigenvalue weighted by Gasteiger charge is 2.16. The Bertz CT molecular complexity index is 925. The third kappa shape index (κ3) is 4.30. The van der Waals surface area contributed by atoms with E-state index in [4.69, 9.17) is 0 Å². The van der Waals surface area contributed by atoms with E-state index in [0.29, 0.717) is 5.16 Å². The van der Waals surface area contributed by atoms with Gasteiger partial charge in [0, 0.05) is 19.3 Å². The summed E-state index contributed by atoms with van der Waals surface area (Å²) in [6.07, 6.45) is 7.01. The highest BCUT2D eigenvalue weighted by molar-refractivity contribution is 7.99. The number of piperidine rings is 1. The summed E-state index contributed by atoms with van der Waals surface area (Å²) >= 11 is 1.29. The molecule has 1 saturated heterocycles. The largest absolute Gasteiger partial charge is 0.370 e. The van der Waals surface area contributed by atoms with Gasteiger partial charge < -0.3 is 10.2 Å². The SMILES string of the molecule is O=C(CSc1nnnn1-c1cccnc1)Nc1ccccc1N1CCCCC1. The van der Waals surface area contributed by atoms with E-state index in [2.05, 4.69) is 36.8 Å². The summed E-state index contributed by atoms with van der Waals surface area (Å²) in [7, 11) is 0. The number of hydrogen-bond donors (Lipinski definition) is 1. The average Bonchev–Trinajstić information content (AvgIpc) is 3.23. The fourth-order valence-electron chi connectivity index (χ4n) is 3.22. The van der Waals surface area contributed by atoms with E-state index in [0.717, 1.165) is 30.2 Å². The van der Waals surface area contributed by atoms with Crippen LogP contribution in [-0.4, -0.2) is 49.9 Å². The van der Waals surface area contributed by atoms with Gasteiger partial charge >= 0.3 is 0 Å². The quantitative estimate of drug-likeness (QED) is 0.642. The maximum Gasteiger partial charge on any atom is 0.234 e. The number of amides is 1. The van der Waals surface area contributed by atoms with Crippen LogP contribution in [0.15, 0.2) is 53.9 Å². The van der Waals surface area contributed by atoms with E-state index >= 15 is 0 Å². The minimum atomic E-state index is -0.0878. The van der Waals surface area contributed by atoms with Crippen LogP contribution < -0.4 is 10.2 Å². The first-order chi connectivity index (χ1) is 13.8. The second-order valence-corrected chi connectivity index (χ2v) is 7.43. The topological polar surface area (TPSA) is 88.8 Å². The third-order valence-electron chi connectivity index (χ3n) is 4.54. The zero-order valence-electron chi connectivity index (χ0n) is 15.4. The van der Waals surface area contributed by atoms with Crippen molar-refractivity contribution < 1.29 is 4.79 Å². The molecule has 2 aromatic heterocycles. The summed E-state index contributed by atoms with van der Waals surface area (Å²) in [5.41, 5.74) is 2.69. The molecule has 0 bridgehead atoms. The van der Waals surface area contributed by atoms with Gasteiger partial charge in [-0.2, -0.15) is 4.68 Å². The second-order valence-electron chi connectivity index (χ2n) is 6.49. The van der Waals surface area contributed by atoms with E-state index in [9.17, 15) is 4.79 Å². The van der Waals surface area contributed by atoms with Gasteiger partial charge in [-0.25, -0.2) is 0 Å². The van der Waals surface area contributed by atoms with Crippen molar-refractivity contribution >= 4 is 29.0 Å². The molecule has 1 N–H and O–H groups in total. The molecule has 9 heteroatoms. The number of rotatable bonds is 6. The number of tetrazole rings is 1. The summed E-state index contributed by atoms with van der Waals surface area (Å²) in [5, 5.41) is 15.3. The van der Waals surface area contributed by atoms with Gasteiger partial charge in [-0.15, -0.1) is 5.10 Å². The number of nitrogens with zero attached hydrogens (tertiary/aromatic N) is 6. The lowest BCUT2D eigenvalue weighted by atomic mass is 10.1. The monoisotopic (exact) mass is 395 g/mol. The molecule has 0 radical (unpaired) electrons. The first kappa shape index (κ1) is 18.4. The van der Waals surface area contributed by atoms with E-state index < -0.39 is 0 Å². The van der Waals surface area contributed by atoms with Gasteiger partial charge in [0.05, 0.1) is 29.0 Å². The molecule has 1 fully saturated rings. The Morgan fingerprint density at radius 3 is 2.79 bits per heavy atom. The molecule has 1 aliphatic rings. The lowest BCUT2D eigenvalue weighted by molar-refractivity contribution is -0.113. The molecule has 3 heterocycles. The normalized spacial score (nSPS) is 14.1. The molecule has 8 nitrogen and oxygen atoms in total. The van der Waals surface area contributed by atoms with Gasteiger partial charge in [0.25, 0.3) is 0 Å². The number of hydrogen-bond acceptors (Lipinski definition) is 7. The maximum atomic E-state index is 12.5. The zero-order valence-corrected chi connectivity index (χ0v) is 16.2. The van der Waals surface area contributed by atoms with Crippen LogP contribution in [0.3, 0.4) is 0 Å². The molecule has 0 atom stereocenters. The lowest BCUT2D eigenvalue weighted by Crippen LogP contribution is -2.30. The van der Waals surface area contributed by atoms with Gasteiger partial charge in [-0.3, -0.25) is 9.78 Å². The highest BCUT2D eigenvalue weighted by Crippen LogP contribution is 2.28. The van der Waals surface area contributed by atoms with Gasteiger partial charge in [0.1, 0.15) is 0 Å². The van der Waals surface area contributed by atoms with Crippen molar-refractivity contribution in [3.05, 3.63) is 48.8 Å². The third-order valence-corrected chi connectivity index (χ3v) is 5.46. The first-order valence-corrected chi connectivity index (χ1v) is 10.3. The van der Waals surface area contributed by atoms with Crippen molar-refractivity contribution in [3.8, 4) is 5.69 Å². The van der Waals surface area contributed by atoms with Crippen LogP contribution in [0.25, 0.3) is 5.69 Å². The second kappa shape index (κ2) is 8.83. The van der Waals surface area contributed by atoms with Crippen molar-refractivity contribution in [2.75, 3.05) is 29.1 Å². The van der Waals surface area contributed by atoms with Crippen molar-refractivity contribution in [2.24, 2.45) is 0 Å². The lowest BCUT2D eigenvalue weighted by Gasteiger charge is -2.30. The van der Waals surface area contributed by atoms with E-state index in [-0.39, 0.29) is 11.7 Å². The molecule has 144 valence electrons. The molecule has 0 unspecified atom stereocenters. The van der Waals surface area contributed by atoms with Crippen molar-refractivity contribution in [1.29, 1.82) is 0 Å². The molecule has 1 aliphatic heterocycles. The smallest absolute Gasteiger partial charge is 0.234 e. The first-order valence-electron chi connectivity index (χ1n) is 9.27. The standard InChI is InChI=1S/C19H21N7OS/c27-18(14-28-19-22-23-24-26(19)15-7-6-10-20-13-15)21-16-8-2-3-9-17(16)25-11-4-1-5-12-25/h2-3,6-10,13H,1,4-5,11-12,14H2,(H,21,27). The number of aromatic nitrogens is 5. The number of benzene rings is 1. The summed E-state index contributed by atoms with van der Waals surface area (Å²) in [6, 6.07) is 11.6. The van der Waals surface area contributed by atoms with Gasteiger partial charge in [-0.1, -0.05) is 23.9 Å². The Labute approximate surface area is 167 Å². The van der Waals surface area contributed by atoms with Crippen molar-refractivity contribution in [3.63, 3.8) is 0 Å². The Balaban J connectivity index is 1.41. The predicted octanol–water partition coefficient (Wildman–Crippen LogP) is 2.78. The van der Waals surface area contributed by atoms with Crippen LogP contribution in [0.5, 0.6) is 0 Å². The fourth-order valence-corrected chi connectivity index (χ4v) is 3.91.